The third kappa shape index (κ3) is 4.54. The summed E-state index contributed by atoms with van der Waals surface area (Å²) in [4.78, 5) is 10.4. The standard InChI is InChI=1S/C46H29N3O/c1-3-14-30(15-4-1)31-16-11-19-34(28-31)46-47-43(45-44(48-46)38-23-8-10-27-41(38)50-45)33-18-12-17-32(29-33)36-24-13-26-40-42(36)37-22-7-9-25-39(37)49(40)35-20-5-2-6-21-35/h1-29H. The molecular weight excluding hydrogens is 611 g/mol. The van der Waals surface area contributed by atoms with Crippen LogP contribution in [0.4, 0.5) is 0 Å². The monoisotopic (exact) mass is 639 g/mol. The van der Waals surface area contributed by atoms with Crippen LogP contribution in [0.3, 0.4) is 0 Å². The summed E-state index contributed by atoms with van der Waals surface area (Å²) in [5.41, 5.74) is 13.0. The first-order chi connectivity index (χ1) is 24.8. The Morgan fingerprint density at radius 2 is 1.06 bits per heavy atom. The molecular formula is C46H29N3O. The number of furan rings is 1. The van der Waals surface area contributed by atoms with Crippen molar-refractivity contribution in [1.82, 2.24) is 14.5 Å². The molecule has 0 unspecified atom stereocenters. The molecule has 0 fully saturated rings. The lowest BCUT2D eigenvalue weighted by Crippen LogP contribution is -1.95. The van der Waals surface area contributed by atoms with Crippen LogP contribution in [0, 0.1) is 0 Å². The van der Waals surface area contributed by atoms with Crippen LogP contribution in [0.2, 0.25) is 0 Å². The van der Waals surface area contributed by atoms with Crippen molar-refractivity contribution in [1.29, 1.82) is 0 Å². The third-order valence-corrected chi connectivity index (χ3v) is 9.61. The highest BCUT2D eigenvalue weighted by molar-refractivity contribution is 6.16. The molecule has 10 rings (SSSR count). The zero-order chi connectivity index (χ0) is 33.0. The highest BCUT2D eigenvalue weighted by Crippen LogP contribution is 2.41. The minimum Gasteiger partial charge on any atom is -0.452 e. The molecule has 0 spiro atoms. The van der Waals surface area contributed by atoms with Crippen LogP contribution in [0.1, 0.15) is 0 Å². The van der Waals surface area contributed by atoms with Crippen molar-refractivity contribution >= 4 is 43.9 Å². The second-order valence-electron chi connectivity index (χ2n) is 12.6. The van der Waals surface area contributed by atoms with Gasteiger partial charge in [-0.15, -0.1) is 0 Å². The van der Waals surface area contributed by atoms with Crippen molar-refractivity contribution in [2.45, 2.75) is 0 Å². The first-order valence-electron chi connectivity index (χ1n) is 16.8. The second kappa shape index (κ2) is 11.4. The van der Waals surface area contributed by atoms with Crippen molar-refractivity contribution in [3.8, 4) is 50.6 Å². The second-order valence-corrected chi connectivity index (χ2v) is 12.6. The summed E-state index contributed by atoms with van der Waals surface area (Å²) in [6.45, 7) is 0. The number of hydrogen-bond donors (Lipinski definition) is 0. The Morgan fingerprint density at radius 1 is 0.440 bits per heavy atom. The molecule has 0 bridgehead atoms. The van der Waals surface area contributed by atoms with E-state index in [0.29, 0.717) is 11.4 Å². The summed E-state index contributed by atoms with van der Waals surface area (Å²) in [6.07, 6.45) is 0. The number of fused-ring (bicyclic) bond motifs is 6. The molecule has 3 aromatic heterocycles. The minimum absolute atomic E-state index is 0.662. The molecule has 0 aliphatic carbocycles. The van der Waals surface area contributed by atoms with Gasteiger partial charge in [-0.3, -0.25) is 0 Å². The van der Waals surface area contributed by atoms with Crippen molar-refractivity contribution in [2.24, 2.45) is 0 Å². The van der Waals surface area contributed by atoms with Crippen molar-refractivity contribution in [2.75, 3.05) is 0 Å². The van der Waals surface area contributed by atoms with Gasteiger partial charge in [-0.1, -0.05) is 127 Å². The third-order valence-electron chi connectivity index (χ3n) is 9.61. The van der Waals surface area contributed by atoms with Crippen LogP contribution in [0.5, 0.6) is 0 Å². The zero-order valence-corrected chi connectivity index (χ0v) is 27.0. The first kappa shape index (κ1) is 28.3. The highest BCUT2D eigenvalue weighted by Gasteiger charge is 2.20. The lowest BCUT2D eigenvalue weighted by molar-refractivity contribution is 0.667. The van der Waals surface area contributed by atoms with Gasteiger partial charge in [0.1, 0.15) is 16.8 Å². The van der Waals surface area contributed by atoms with Crippen molar-refractivity contribution < 1.29 is 4.42 Å². The van der Waals surface area contributed by atoms with Crippen LogP contribution in [0.25, 0.3) is 94.5 Å². The maximum absolute atomic E-state index is 6.52. The van der Waals surface area contributed by atoms with Gasteiger partial charge in [0.15, 0.2) is 11.4 Å². The molecule has 3 heterocycles. The van der Waals surface area contributed by atoms with E-state index >= 15 is 0 Å². The number of hydrogen-bond acceptors (Lipinski definition) is 3. The molecule has 0 saturated carbocycles. The molecule has 4 nitrogen and oxygen atoms in total. The summed E-state index contributed by atoms with van der Waals surface area (Å²) >= 11 is 0. The van der Waals surface area contributed by atoms with Gasteiger partial charge in [-0.2, -0.15) is 0 Å². The molecule has 7 aromatic carbocycles. The first-order valence-corrected chi connectivity index (χ1v) is 16.8. The van der Waals surface area contributed by atoms with E-state index in [-0.39, 0.29) is 0 Å². The Bertz CT molecular complexity index is 2870. The zero-order valence-electron chi connectivity index (χ0n) is 27.0. The molecule has 10 aromatic rings. The average molecular weight is 640 g/mol. The Hall–Kier alpha value is -6.78. The molecule has 0 atom stereocenters. The van der Waals surface area contributed by atoms with E-state index in [2.05, 4.69) is 156 Å². The van der Waals surface area contributed by atoms with Crippen LogP contribution < -0.4 is 0 Å². The van der Waals surface area contributed by atoms with E-state index in [1.54, 1.807) is 0 Å². The fourth-order valence-electron chi connectivity index (χ4n) is 7.33. The topological polar surface area (TPSA) is 43.9 Å². The van der Waals surface area contributed by atoms with E-state index in [1.165, 1.54) is 27.4 Å². The fraction of sp³-hybridized carbons (Fsp3) is 0. The lowest BCUT2D eigenvalue weighted by Gasteiger charge is -2.11. The quantitative estimate of drug-likeness (QED) is 0.188. The fourth-order valence-corrected chi connectivity index (χ4v) is 7.33. The largest absolute Gasteiger partial charge is 0.452 e. The number of benzene rings is 7. The molecule has 0 amide bonds. The van der Waals surface area contributed by atoms with Crippen LogP contribution in [-0.2, 0) is 0 Å². The van der Waals surface area contributed by atoms with E-state index in [1.807, 2.05) is 24.3 Å². The molecule has 234 valence electrons. The summed E-state index contributed by atoms with van der Waals surface area (Å²) < 4.78 is 8.88. The van der Waals surface area contributed by atoms with Gasteiger partial charge in [0.05, 0.1) is 11.0 Å². The van der Waals surface area contributed by atoms with Gasteiger partial charge in [-0.25, -0.2) is 9.97 Å². The number of nitrogens with zero attached hydrogens (tertiary/aromatic N) is 3. The van der Waals surface area contributed by atoms with Crippen molar-refractivity contribution in [3.05, 3.63) is 176 Å². The summed E-state index contributed by atoms with van der Waals surface area (Å²) in [6, 6.07) is 61.5. The summed E-state index contributed by atoms with van der Waals surface area (Å²) in [7, 11) is 0. The predicted octanol–water partition coefficient (Wildman–Crippen LogP) is 12.1. The van der Waals surface area contributed by atoms with Crippen LogP contribution >= 0.6 is 0 Å². The van der Waals surface area contributed by atoms with Crippen LogP contribution in [0.15, 0.2) is 180 Å². The SMILES string of the molecule is c1ccc(-c2cccc(-c3nc(-c4cccc(-c5cccc6c5c5ccccc5n6-c5ccccc5)c4)c4oc5ccccc5c4n3)c2)cc1. The van der Waals surface area contributed by atoms with E-state index < -0.39 is 0 Å². The normalized spacial score (nSPS) is 11.6. The molecule has 4 heteroatoms. The van der Waals surface area contributed by atoms with Gasteiger partial charge in [0.2, 0.25) is 0 Å². The highest BCUT2D eigenvalue weighted by atomic mass is 16.3. The molecule has 0 aliphatic heterocycles. The minimum atomic E-state index is 0.662. The van der Waals surface area contributed by atoms with Gasteiger partial charge >= 0.3 is 0 Å². The van der Waals surface area contributed by atoms with E-state index in [9.17, 15) is 0 Å². The number of rotatable bonds is 5. The van der Waals surface area contributed by atoms with Crippen molar-refractivity contribution in [3.63, 3.8) is 0 Å². The molecule has 0 N–H and O–H groups in total. The molecule has 0 saturated heterocycles. The summed E-state index contributed by atoms with van der Waals surface area (Å²) in [5.74, 6) is 0.662. The average Bonchev–Trinajstić information content (AvgIpc) is 3.74. The Balaban J connectivity index is 1.19. The summed E-state index contributed by atoms with van der Waals surface area (Å²) in [5, 5.41) is 3.41. The maximum Gasteiger partial charge on any atom is 0.180 e. The van der Waals surface area contributed by atoms with Gasteiger partial charge < -0.3 is 8.98 Å². The van der Waals surface area contributed by atoms with Gasteiger partial charge in [0.25, 0.3) is 0 Å². The van der Waals surface area contributed by atoms with E-state index in [0.717, 1.165) is 55.7 Å². The Kier molecular flexibility index (Phi) is 6.46. The maximum atomic E-state index is 6.52. The van der Waals surface area contributed by atoms with E-state index in [4.69, 9.17) is 14.4 Å². The Labute approximate surface area is 288 Å². The lowest BCUT2D eigenvalue weighted by atomic mass is 9.97. The van der Waals surface area contributed by atoms with Gasteiger partial charge in [-0.05, 0) is 70.8 Å². The molecule has 50 heavy (non-hydrogen) atoms. The number of para-hydroxylation sites is 3. The number of aromatic nitrogens is 3. The van der Waals surface area contributed by atoms with Gasteiger partial charge in [0, 0.05) is 33.0 Å². The Morgan fingerprint density at radius 3 is 1.92 bits per heavy atom. The predicted molar refractivity (Wildman–Crippen MR) is 205 cm³/mol. The molecule has 0 aliphatic rings. The smallest absolute Gasteiger partial charge is 0.180 e. The molecule has 0 radical (unpaired) electrons. The van der Waals surface area contributed by atoms with Crippen LogP contribution in [-0.4, -0.2) is 14.5 Å².